The van der Waals surface area contributed by atoms with Crippen molar-refractivity contribution in [1.82, 2.24) is 4.90 Å². The minimum absolute atomic E-state index is 0.0771. The quantitative estimate of drug-likeness (QED) is 0.870. The molecule has 1 aromatic carbocycles. The van der Waals surface area contributed by atoms with Crippen LogP contribution in [0.2, 0.25) is 0 Å². The van der Waals surface area contributed by atoms with Crippen molar-refractivity contribution >= 4 is 23.3 Å². The first-order valence-corrected chi connectivity index (χ1v) is 6.65. The summed E-state index contributed by atoms with van der Waals surface area (Å²) in [7, 11) is 1.61. The number of amides is 3. The molecule has 1 saturated heterocycles. The Balaban J connectivity index is 2.06. The molecule has 1 fully saturated rings. The maximum atomic E-state index is 11.8. The molecule has 0 bridgehead atoms. The zero-order valence-electron chi connectivity index (χ0n) is 11.5. The average molecular weight is 277 g/mol. The van der Waals surface area contributed by atoms with Crippen LogP contribution in [0.15, 0.2) is 24.3 Å². The number of nitrogens with one attached hydrogen (secondary N) is 1. The summed E-state index contributed by atoms with van der Waals surface area (Å²) in [5, 5.41) is 11.5. The monoisotopic (exact) mass is 277 g/mol. The number of carbonyl (C=O) groups excluding carboxylic acids is 2. The summed E-state index contributed by atoms with van der Waals surface area (Å²) >= 11 is 0. The molecule has 1 aromatic rings. The predicted molar refractivity (Wildman–Crippen MR) is 76.8 cm³/mol. The first-order valence-electron chi connectivity index (χ1n) is 6.65. The lowest BCUT2D eigenvalue weighted by Crippen LogP contribution is -2.33. The topological polar surface area (TPSA) is 72.9 Å². The number of urea groups is 1. The molecule has 0 aliphatic carbocycles. The molecule has 2 N–H and O–H groups in total. The van der Waals surface area contributed by atoms with E-state index >= 15 is 0 Å². The van der Waals surface area contributed by atoms with Crippen LogP contribution in [0.25, 0.3) is 0 Å². The molecular weight excluding hydrogens is 258 g/mol. The highest BCUT2D eigenvalue weighted by atomic mass is 16.3. The van der Waals surface area contributed by atoms with Crippen LogP contribution in [0.1, 0.15) is 12.8 Å². The van der Waals surface area contributed by atoms with E-state index in [1.165, 1.54) is 4.90 Å². The minimum Gasteiger partial charge on any atom is -0.395 e. The third-order valence-corrected chi connectivity index (χ3v) is 3.26. The van der Waals surface area contributed by atoms with Gasteiger partial charge in [0.15, 0.2) is 0 Å². The van der Waals surface area contributed by atoms with Crippen LogP contribution in [0, 0.1) is 0 Å². The highest BCUT2D eigenvalue weighted by Gasteiger charge is 2.21. The molecule has 6 heteroatoms. The molecule has 0 atom stereocenters. The Kier molecular flexibility index (Phi) is 4.57. The third-order valence-electron chi connectivity index (χ3n) is 3.26. The van der Waals surface area contributed by atoms with E-state index in [9.17, 15) is 9.59 Å². The molecule has 3 amide bonds. The van der Waals surface area contributed by atoms with Crippen LogP contribution < -0.4 is 10.2 Å². The Labute approximate surface area is 118 Å². The molecule has 6 nitrogen and oxygen atoms in total. The van der Waals surface area contributed by atoms with Gasteiger partial charge in [0.05, 0.1) is 6.61 Å². The summed E-state index contributed by atoms with van der Waals surface area (Å²) in [5.41, 5.74) is 1.44. The van der Waals surface area contributed by atoms with E-state index < -0.39 is 0 Å². The van der Waals surface area contributed by atoms with Crippen LogP contribution >= 0.6 is 0 Å². The van der Waals surface area contributed by atoms with Crippen LogP contribution in [0.4, 0.5) is 16.2 Å². The first-order chi connectivity index (χ1) is 9.61. The van der Waals surface area contributed by atoms with E-state index in [0.717, 1.165) is 18.7 Å². The van der Waals surface area contributed by atoms with Crippen LogP contribution in [0.5, 0.6) is 0 Å². The number of hydrogen-bond donors (Lipinski definition) is 2. The van der Waals surface area contributed by atoms with Crippen molar-refractivity contribution in [1.29, 1.82) is 0 Å². The number of carbonyl (C=O) groups is 2. The SMILES string of the molecule is CN(CCO)C(=O)Nc1cccc(N2CCCC2=O)c1. The zero-order chi connectivity index (χ0) is 14.5. The maximum Gasteiger partial charge on any atom is 0.321 e. The van der Waals surface area contributed by atoms with Crippen molar-refractivity contribution in [2.75, 3.05) is 37.0 Å². The van der Waals surface area contributed by atoms with E-state index in [2.05, 4.69) is 5.32 Å². The highest BCUT2D eigenvalue weighted by Crippen LogP contribution is 2.24. The molecule has 1 aliphatic rings. The van der Waals surface area contributed by atoms with E-state index in [-0.39, 0.29) is 25.1 Å². The van der Waals surface area contributed by atoms with Gasteiger partial charge >= 0.3 is 6.03 Å². The largest absolute Gasteiger partial charge is 0.395 e. The minimum atomic E-state index is -0.288. The molecule has 0 aromatic heterocycles. The Morgan fingerprint density at radius 1 is 1.50 bits per heavy atom. The highest BCUT2D eigenvalue weighted by molar-refractivity contribution is 5.96. The van der Waals surface area contributed by atoms with Crippen molar-refractivity contribution < 1.29 is 14.7 Å². The van der Waals surface area contributed by atoms with Gasteiger partial charge < -0.3 is 20.2 Å². The molecule has 2 rings (SSSR count). The summed E-state index contributed by atoms with van der Waals surface area (Å²) in [6, 6.07) is 6.94. The van der Waals surface area contributed by atoms with Crippen LogP contribution in [-0.4, -0.2) is 48.7 Å². The Morgan fingerprint density at radius 2 is 2.30 bits per heavy atom. The van der Waals surface area contributed by atoms with Crippen LogP contribution in [0.3, 0.4) is 0 Å². The van der Waals surface area contributed by atoms with Gasteiger partial charge in [-0.2, -0.15) is 0 Å². The molecule has 0 radical (unpaired) electrons. The Hall–Kier alpha value is -2.08. The molecule has 20 heavy (non-hydrogen) atoms. The second kappa shape index (κ2) is 6.38. The predicted octanol–water partition coefficient (Wildman–Crippen LogP) is 1.27. The Bertz CT molecular complexity index is 504. The number of rotatable bonds is 4. The lowest BCUT2D eigenvalue weighted by Gasteiger charge is -2.19. The molecular formula is C14H19N3O3. The number of benzene rings is 1. The fraction of sp³-hybridized carbons (Fsp3) is 0.429. The van der Waals surface area contributed by atoms with Gasteiger partial charge in [-0.25, -0.2) is 4.79 Å². The van der Waals surface area contributed by atoms with Gasteiger partial charge in [0, 0.05) is 37.9 Å². The second-order valence-electron chi connectivity index (χ2n) is 4.77. The summed E-state index contributed by atoms with van der Waals surface area (Å²) in [5.74, 6) is 0.117. The normalized spacial score (nSPS) is 14.5. The van der Waals surface area contributed by atoms with E-state index in [0.29, 0.717) is 12.1 Å². The van der Waals surface area contributed by atoms with Crippen molar-refractivity contribution in [2.24, 2.45) is 0 Å². The molecule has 1 aliphatic heterocycles. The third kappa shape index (κ3) is 3.27. The number of nitrogens with zero attached hydrogens (tertiary/aromatic N) is 2. The smallest absolute Gasteiger partial charge is 0.321 e. The van der Waals surface area contributed by atoms with E-state index in [1.807, 2.05) is 12.1 Å². The second-order valence-corrected chi connectivity index (χ2v) is 4.77. The maximum absolute atomic E-state index is 11.8. The van der Waals surface area contributed by atoms with E-state index in [1.54, 1.807) is 24.1 Å². The molecule has 0 unspecified atom stereocenters. The van der Waals surface area contributed by atoms with Crippen molar-refractivity contribution in [3.63, 3.8) is 0 Å². The van der Waals surface area contributed by atoms with Gasteiger partial charge in [0.25, 0.3) is 0 Å². The zero-order valence-corrected chi connectivity index (χ0v) is 11.5. The van der Waals surface area contributed by atoms with E-state index in [4.69, 9.17) is 5.11 Å². The molecule has 108 valence electrons. The van der Waals surface area contributed by atoms with Gasteiger partial charge in [0.1, 0.15) is 0 Å². The average Bonchev–Trinajstić information content (AvgIpc) is 2.85. The fourth-order valence-electron chi connectivity index (χ4n) is 2.14. The van der Waals surface area contributed by atoms with Gasteiger partial charge in [-0.3, -0.25) is 4.79 Å². The lowest BCUT2D eigenvalue weighted by molar-refractivity contribution is -0.117. The van der Waals surface area contributed by atoms with Crippen molar-refractivity contribution in [3.8, 4) is 0 Å². The summed E-state index contributed by atoms with van der Waals surface area (Å²) in [6.07, 6.45) is 1.45. The lowest BCUT2D eigenvalue weighted by atomic mass is 10.2. The number of likely N-dealkylation sites (N-methyl/N-ethyl adjacent to an activating group) is 1. The standard InChI is InChI=1S/C14H19N3O3/c1-16(8-9-18)14(20)15-11-4-2-5-12(10-11)17-7-3-6-13(17)19/h2,4-5,10,18H,3,6-9H2,1H3,(H,15,20). The summed E-state index contributed by atoms with van der Waals surface area (Å²) in [6.45, 7) is 0.920. The van der Waals surface area contributed by atoms with Crippen LogP contribution in [-0.2, 0) is 4.79 Å². The summed E-state index contributed by atoms with van der Waals surface area (Å²) in [4.78, 5) is 26.7. The van der Waals surface area contributed by atoms with Crippen molar-refractivity contribution in [3.05, 3.63) is 24.3 Å². The molecule has 0 saturated carbocycles. The molecule has 0 spiro atoms. The van der Waals surface area contributed by atoms with Gasteiger partial charge in [-0.15, -0.1) is 0 Å². The number of aliphatic hydroxyl groups excluding tert-OH is 1. The molecule has 1 heterocycles. The van der Waals surface area contributed by atoms with Crippen molar-refractivity contribution in [2.45, 2.75) is 12.8 Å². The number of hydrogen-bond acceptors (Lipinski definition) is 3. The number of anilines is 2. The Morgan fingerprint density at radius 3 is 2.95 bits per heavy atom. The summed E-state index contributed by atoms with van der Waals surface area (Å²) < 4.78 is 0. The van der Waals surface area contributed by atoms with Gasteiger partial charge in [-0.05, 0) is 24.6 Å². The number of aliphatic hydroxyl groups is 1. The fourth-order valence-corrected chi connectivity index (χ4v) is 2.14. The van der Waals surface area contributed by atoms with Gasteiger partial charge in [0.2, 0.25) is 5.91 Å². The van der Waals surface area contributed by atoms with Gasteiger partial charge in [-0.1, -0.05) is 6.07 Å². The first kappa shape index (κ1) is 14.3.